The van der Waals surface area contributed by atoms with Crippen LogP contribution in [0.5, 0.6) is 0 Å². The summed E-state index contributed by atoms with van der Waals surface area (Å²) in [5.74, 6) is 1.23. The SMILES string of the molecule is Cc1ccc(C(C)N2C[C@H](C)N(c3nc(=O)n(C)c4c3nc(CC#N)n4C)C[C@H]2C)nc1. The van der Waals surface area contributed by atoms with Gasteiger partial charge in [-0.15, -0.1) is 0 Å². The number of aryl methyl sites for hydroxylation is 3. The number of rotatable bonds is 4. The Labute approximate surface area is 187 Å². The van der Waals surface area contributed by atoms with Crippen molar-refractivity contribution in [2.75, 3.05) is 18.0 Å². The van der Waals surface area contributed by atoms with Gasteiger partial charge in [0.2, 0.25) is 0 Å². The lowest BCUT2D eigenvalue weighted by molar-refractivity contribution is 0.117. The second-order valence-electron chi connectivity index (χ2n) is 8.85. The van der Waals surface area contributed by atoms with Gasteiger partial charge >= 0.3 is 5.69 Å². The number of nitrogens with zero attached hydrogens (tertiary/aromatic N) is 8. The molecule has 9 heteroatoms. The molecular formula is C23H30N8O. The van der Waals surface area contributed by atoms with Crippen molar-refractivity contribution in [2.24, 2.45) is 14.1 Å². The van der Waals surface area contributed by atoms with Gasteiger partial charge in [-0.25, -0.2) is 9.78 Å². The summed E-state index contributed by atoms with van der Waals surface area (Å²) < 4.78 is 3.32. The molecule has 168 valence electrons. The van der Waals surface area contributed by atoms with Crippen LogP contribution in [-0.2, 0) is 20.5 Å². The molecule has 4 heterocycles. The summed E-state index contributed by atoms with van der Waals surface area (Å²) >= 11 is 0. The molecule has 3 aromatic heterocycles. The fraction of sp³-hybridized carbons (Fsp3) is 0.522. The van der Waals surface area contributed by atoms with Crippen LogP contribution in [0.25, 0.3) is 11.2 Å². The molecule has 3 aromatic rings. The first-order valence-electron chi connectivity index (χ1n) is 11.0. The molecule has 32 heavy (non-hydrogen) atoms. The zero-order valence-corrected chi connectivity index (χ0v) is 19.6. The number of pyridine rings is 1. The minimum atomic E-state index is -0.321. The van der Waals surface area contributed by atoms with E-state index in [-0.39, 0.29) is 30.2 Å². The van der Waals surface area contributed by atoms with Gasteiger partial charge in [-0.05, 0) is 39.3 Å². The Morgan fingerprint density at radius 3 is 2.56 bits per heavy atom. The van der Waals surface area contributed by atoms with Crippen molar-refractivity contribution in [3.8, 4) is 6.07 Å². The van der Waals surface area contributed by atoms with Crippen molar-refractivity contribution in [1.29, 1.82) is 5.26 Å². The van der Waals surface area contributed by atoms with Crippen LogP contribution < -0.4 is 10.6 Å². The van der Waals surface area contributed by atoms with Gasteiger partial charge in [-0.1, -0.05) is 6.07 Å². The average molecular weight is 435 g/mol. The van der Waals surface area contributed by atoms with E-state index >= 15 is 0 Å². The molecule has 3 atom stereocenters. The molecule has 1 aliphatic rings. The van der Waals surface area contributed by atoms with E-state index in [4.69, 9.17) is 10.2 Å². The normalized spacial score (nSPS) is 20.5. The zero-order chi connectivity index (χ0) is 23.2. The smallest absolute Gasteiger partial charge is 0.349 e. The van der Waals surface area contributed by atoms with Gasteiger partial charge < -0.3 is 9.47 Å². The molecule has 1 unspecified atom stereocenters. The highest BCUT2D eigenvalue weighted by Gasteiger charge is 2.35. The number of piperazine rings is 1. The second-order valence-corrected chi connectivity index (χ2v) is 8.85. The molecule has 0 aromatic carbocycles. The van der Waals surface area contributed by atoms with Crippen molar-refractivity contribution in [3.05, 3.63) is 45.9 Å². The van der Waals surface area contributed by atoms with E-state index in [9.17, 15) is 4.79 Å². The standard InChI is InChI=1S/C23H30N8O/c1-14-7-8-18(25-11-14)17(4)30-12-16(3)31(13-15(30)2)21-20-22(29(6)23(32)27-21)28(5)19(26-20)9-10-24/h7-8,11,15-17H,9,12-13H2,1-6H3/t15-,16+,17?/m1/s1. The van der Waals surface area contributed by atoms with Crippen LogP contribution in [-0.4, -0.2) is 54.2 Å². The predicted octanol–water partition coefficient (Wildman–Crippen LogP) is 2.10. The van der Waals surface area contributed by atoms with Crippen molar-refractivity contribution in [1.82, 2.24) is 29.0 Å². The third kappa shape index (κ3) is 3.65. The lowest BCUT2D eigenvalue weighted by atomic mass is 10.0. The third-order valence-corrected chi connectivity index (χ3v) is 6.58. The summed E-state index contributed by atoms with van der Waals surface area (Å²) in [5, 5.41) is 9.17. The predicted molar refractivity (Wildman–Crippen MR) is 123 cm³/mol. The van der Waals surface area contributed by atoms with Crippen molar-refractivity contribution < 1.29 is 0 Å². The first-order valence-corrected chi connectivity index (χ1v) is 11.0. The summed E-state index contributed by atoms with van der Waals surface area (Å²) in [5.41, 5.74) is 3.24. The van der Waals surface area contributed by atoms with Crippen LogP contribution in [0, 0.1) is 18.3 Å². The number of aromatic nitrogens is 5. The average Bonchev–Trinajstić information content (AvgIpc) is 3.09. The molecule has 0 saturated carbocycles. The molecular weight excluding hydrogens is 404 g/mol. The minimum Gasteiger partial charge on any atom is -0.349 e. The van der Waals surface area contributed by atoms with Crippen molar-refractivity contribution >= 4 is 17.0 Å². The fourth-order valence-corrected chi connectivity index (χ4v) is 4.69. The highest BCUT2D eigenvalue weighted by molar-refractivity contribution is 5.84. The molecule has 0 amide bonds. The second kappa shape index (κ2) is 8.36. The van der Waals surface area contributed by atoms with Gasteiger partial charge in [0.1, 0.15) is 17.0 Å². The van der Waals surface area contributed by atoms with Gasteiger partial charge in [0, 0.05) is 51.5 Å². The topological polar surface area (TPSA) is 95.9 Å². The summed E-state index contributed by atoms with van der Waals surface area (Å²) in [6.07, 6.45) is 2.09. The molecule has 1 aliphatic heterocycles. The fourth-order valence-electron chi connectivity index (χ4n) is 4.69. The van der Waals surface area contributed by atoms with Crippen LogP contribution in [0.15, 0.2) is 23.1 Å². The highest BCUT2D eigenvalue weighted by Crippen LogP contribution is 2.31. The van der Waals surface area contributed by atoms with Gasteiger partial charge in [-0.2, -0.15) is 10.2 Å². The number of hydrogen-bond acceptors (Lipinski definition) is 7. The Hall–Kier alpha value is -3.25. The number of fused-ring (bicyclic) bond motifs is 1. The van der Waals surface area contributed by atoms with E-state index in [1.165, 1.54) is 4.57 Å². The summed E-state index contributed by atoms with van der Waals surface area (Å²) in [7, 11) is 3.53. The Bertz CT molecular complexity index is 1240. The number of imidazole rings is 1. The third-order valence-electron chi connectivity index (χ3n) is 6.58. The highest BCUT2D eigenvalue weighted by atomic mass is 16.1. The lowest BCUT2D eigenvalue weighted by Gasteiger charge is -2.46. The van der Waals surface area contributed by atoms with Crippen molar-refractivity contribution in [2.45, 2.75) is 52.2 Å². The van der Waals surface area contributed by atoms with E-state index in [0.29, 0.717) is 22.8 Å². The van der Waals surface area contributed by atoms with Gasteiger partial charge in [0.15, 0.2) is 5.82 Å². The van der Waals surface area contributed by atoms with Crippen LogP contribution >= 0.6 is 0 Å². The van der Waals surface area contributed by atoms with Crippen LogP contribution in [0.3, 0.4) is 0 Å². The monoisotopic (exact) mass is 434 g/mol. The first-order chi connectivity index (χ1) is 15.2. The maximum absolute atomic E-state index is 12.7. The molecule has 0 radical (unpaired) electrons. The van der Waals surface area contributed by atoms with Crippen LogP contribution in [0.4, 0.5) is 5.82 Å². The Morgan fingerprint density at radius 1 is 1.16 bits per heavy atom. The minimum absolute atomic E-state index is 0.128. The van der Waals surface area contributed by atoms with E-state index in [1.807, 2.05) is 24.7 Å². The quantitative estimate of drug-likeness (QED) is 0.620. The largest absolute Gasteiger partial charge is 0.350 e. The molecule has 9 nitrogen and oxygen atoms in total. The molecule has 4 rings (SSSR count). The molecule has 0 spiro atoms. The Balaban J connectivity index is 1.69. The first kappa shape index (κ1) is 22.0. The molecule has 0 bridgehead atoms. The summed E-state index contributed by atoms with van der Waals surface area (Å²) in [6.45, 7) is 10.1. The zero-order valence-electron chi connectivity index (χ0n) is 19.6. The van der Waals surface area contributed by atoms with E-state index < -0.39 is 0 Å². The Kier molecular flexibility index (Phi) is 5.73. The summed E-state index contributed by atoms with van der Waals surface area (Å²) in [4.78, 5) is 31.1. The van der Waals surface area contributed by atoms with Gasteiger partial charge in [0.25, 0.3) is 0 Å². The Morgan fingerprint density at radius 2 is 1.91 bits per heavy atom. The molecule has 0 N–H and O–H groups in total. The number of anilines is 1. The summed E-state index contributed by atoms with van der Waals surface area (Å²) in [6, 6.07) is 6.89. The lowest BCUT2D eigenvalue weighted by Crippen LogP contribution is -2.57. The maximum Gasteiger partial charge on any atom is 0.350 e. The molecule has 1 saturated heterocycles. The number of nitriles is 1. The van der Waals surface area contributed by atoms with Crippen LogP contribution in [0.2, 0.25) is 0 Å². The van der Waals surface area contributed by atoms with E-state index in [1.54, 1.807) is 7.05 Å². The van der Waals surface area contributed by atoms with Gasteiger partial charge in [-0.3, -0.25) is 14.5 Å². The van der Waals surface area contributed by atoms with E-state index in [2.05, 4.69) is 58.7 Å². The molecule has 1 fully saturated rings. The maximum atomic E-state index is 12.7. The van der Waals surface area contributed by atoms with Gasteiger partial charge in [0.05, 0.1) is 18.2 Å². The van der Waals surface area contributed by atoms with E-state index in [0.717, 1.165) is 24.3 Å². The van der Waals surface area contributed by atoms with Crippen LogP contribution in [0.1, 0.15) is 43.9 Å². The molecule has 0 aliphatic carbocycles. The van der Waals surface area contributed by atoms with Crippen molar-refractivity contribution in [3.63, 3.8) is 0 Å². The number of hydrogen-bond donors (Lipinski definition) is 0.